The van der Waals surface area contributed by atoms with E-state index in [1.54, 1.807) is 0 Å². The van der Waals surface area contributed by atoms with Crippen molar-refractivity contribution in [2.24, 2.45) is 5.73 Å². The average Bonchev–Trinajstić information content (AvgIpc) is 2.19. The minimum atomic E-state index is 0.101. The Balaban J connectivity index is 0.00000106. The number of nitrogens with one attached hydrogen (secondary N) is 2. The van der Waals surface area contributed by atoms with E-state index in [2.05, 4.69) is 11.9 Å². The third-order valence-corrected chi connectivity index (χ3v) is 1.87. The maximum Gasteiger partial charge on any atom is 0.123 e. The van der Waals surface area contributed by atoms with Crippen molar-refractivity contribution in [3.8, 4) is 0 Å². The van der Waals surface area contributed by atoms with Crippen LogP contribution in [0.2, 0.25) is 0 Å². The summed E-state index contributed by atoms with van der Waals surface area (Å²) >= 11 is 0. The summed E-state index contributed by atoms with van der Waals surface area (Å²) < 4.78 is 0. The van der Waals surface area contributed by atoms with Crippen LogP contribution in [0.4, 0.5) is 5.69 Å². The van der Waals surface area contributed by atoms with E-state index in [-0.39, 0.29) is 5.84 Å². The predicted octanol–water partition coefficient (Wildman–Crippen LogP) is 3.25. The molecule has 3 nitrogen and oxygen atoms in total. The van der Waals surface area contributed by atoms with Crippen LogP contribution in [-0.4, -0.2) is 5.84 Å². The first kappa shape index (κ1) is 14.2. The molecule has 0 aromatic heterocycles. The number of benzene rings is 1. The Morgan fingerprint density at radius 2 is 1.94 bits per heavy atom. The molecule has 0 aliphatic rings. The van der Waals surface area contributed by atoms with Gasteiger partial charge < -0.3 is 11.1 Å². The minimum Gasteiger partial charge on any atom is -0.384 e. The van der Waals surface area contributed by atoms with Crippen LogP contribution in [0.1, 0.15) is 31.9 Å². The van der Waals surface area contributed by atoms with Gasteiger partial charge in [0.05, 0.1) is 0 Å². The quantitative estimate of drug-likeness (QED) is 0.540. The molecule has 16 heavy (non-hydrogen) atoms. The van der Waals surface area contributed by atoms with Gasteiger partial charge in [0.25, 0.3) is 0 Å². The number of hydrogen-bond acceptors (Lipinski definition) is 2. The van der Waals surface area contributed by atoms with Crippen LogP contribution in [0.15, 0.2) is 30.5 Å². The molecule has 0 bridgehead atoms. The lowest BCUT2D eigenvalue weighted by Gasteiger charge is -2.09. The fraction of sp³-hybridized carbons (Fsp3) is 0.308. The number of allylic oxidation sites excluding steroid dienone is 1. The highest BCUT2D eigenvalue weighted by Crippen LogP contribution is 2.15. The summed E-state index contributed by atoms with van der Waals surface area (Å²) in [6, 6.07) is 5.67. The highest BCUT2D eigenvalue weighted by Gasteiger charge is 2.01. The molecule has 0 saturated heterocycles. The van der Waals surface area contributed by atoms with Crippen molar-refractivity contribution in [2.45, 2.75) is 27.7 Å². The SMILES string of the molecule is C=C(C)Nc1ccc(C(=N)N)c(C)c1.CC. The molecule has 0 amide bonds. The van der Waals surface area contributed by atoms with Crippen LogP contribution >= 0.6 is 0 Å². The van der Waals surface area contributed by atoms with Gasteiger partial charge in [-0.3, -0.25) is 5.41 Å². The van der Waals surface area contributed by atoms with Crippen molar-refractivity contribution in [2.75, 3.05) is 5.32 Å². The molecule has 1 rings (SSSR count). The number of nitrogens with two attached hydrogens (primary N) is 1. The standard InChI is InChI=1S/C11H15N3.C2H6/c1-7(2)14-9-4-5-10(11(12)13)8(3)6-9;1-2/h4-6,14H,1H2,2-3H3,(H3,12,13);1-2H3. The second-order valence-corrected chi connectivity index (χ2v) is 3.35. The Hall–Kier alpha value is -1.77. The zero-order chi connectivity index (χ0) is 12.7. The van der Waals surface area contributed by atoms with Gasteiger partial charge in [0.2, 0.25) is 0 Å². The Labute approximate surface area is 97.9 Å². The topological polar surface area (TPSA) is 61.9 Å². The fourth-order valence-electron chi connectivity index (χ4n) is 1.29. The summed E-state index contributed by atoms with van der Waals surface area (Å²) in [5.41, 5.74) is 9.04. The van der Waals surface area contributed by atoms with E-state index in [1.807, 2.05) is 45.9 Å². The zero-order valence-corrected chi connectivity index (χ0v) is 10.5. The lowest BCUT2D eigenvalue weighted by molar-refractivity contribution is 1.34. The molecule has 0 radical (unpaired) electrons. The molecule has 0 unspecified atom stereocenters. The third kappa shape index (κ3) is 4.17. The zero-order valence-electron chi connectivity index (χ0n) is 10.5. The number of amidine groups is 1. The van der Waals surface area contributed by atoms with Crippen molar-refractivity contribution < 1.29 is 0 Å². The largest absolute Gasteiger partial charge is 0.384 e. The molecule has 0 spiro atoms. The molecule has 0 aliphatic carbocycles. The van der Waals surface area contributed by atoms with Crippen LogP contribution in [-0.2, 0) is 0 Å². The summed E-state index contributed by atoms with van der Waals surface area (Å²) in [6.07, 6.45) is 0. The lowest BCUT2D eigenvalue weighted by atomic mass is 10.1. The third-order valence-electron chi connectivity index (χ3n) is 1.87. The van der Waals surface area contributed by atoms with Gasteiger partial charge in [-0.1, -0.05) is 20.4 Å². The number of rotatable bonds is 3. The van der Waals surface area contributed by atoms with Crippen molar-refractivity contribution in [3.63, 3.8) is 0 Å². The highest BCUT2D eigenvalue weighted by molar-refractivity contribution is 5.96. The maximum atomic E-state index is 7.33. The molecule has 88 valence electrons. The van der Waals surface area contributed by atoms with Gasteiger partial charge in [-0.05, 0) is 37.6 Å². The second-order valence-electron chi connectivity index (χ2n) is 3.35. The fourth-order valence-corrected chi connectivity index (χ4v) is 1.29. The first-order valence-electron chi connectivity index (χ1n) is 5.38. The molecule has 0 heterocycles. The molecule has 0 fully saturated rings. The summed E-state index contributed by atoms with van der Waals surface area (Å²) in [7, 11) is 0. The van der Waals surface area contributed by atoms with Gasteiger partial charge in [0.15, 0.2) is 0 Å². The minimum absolute atomic E-state index is 0.101. The molecule has 3 heteroatoms. The van der Waals surface area contributed by atoms with Gasteiger partial charge in [0.1, 0.15) is 5.84 Å². The number of hydrogen-bond donors (Lipinski definition) is 3. The summed E-state index contributed by atoms with van der Waals surface area (Å²) in [5.74, 6) is 0.101. The van der Waals surface area contributed by atoms with E-state index in [1.165, 1.54) is 0 Å². The molecule has 0 saturated carbocycles. The van der Waals surface area contributed by atoms with Crippen molar-refractivity contribution in [3.05, 3.63) is 41.6 Å². The molecule has 1 aromatic rings. The van der Waals surface area contributed by atoms with Crippen LogP contribution in [0.3, 0.4) is 0 Å². The smallest absolute Gasteiger partial charge is 0.123 e. The van der Waals surface area contributed by atoms with E-state index in [0.29, 0.717) is 0 Å². The van der Waals surface area contributed by atoms with E-state index in [0.717, 1.165) is 22.5 Å². The Kier molecular flexibility index (Phi) is 5.93. The van der Waals surface area contributed by atoms with Crippen LogP contribution in [0, 0.1) is 12.3 Å². The predicted molar refractivity (Wildman–Crippen MR) is 72.0 cm³/mol. The van der Waals surface area contributed by atoms with Gasteiger partial charge in [-0.25, -0.2) is 0 Å². The van der Waals surface area contributed by atoms with Gasteiger partial charge in [-0.15, -0.1) is 0 Å². The molecule has 4 N–H and O–H groups in total. The van der Waals surface area contributed by atoms with Gasteiger partial charge in [-0.2, -0.15) is 0 Å². The number of aryl methyl sites for hydroxylation is 1. The maximum absolute atomic E-state index is 7.33. The van der Waals surface area contributed by atoms with Gasteiger partial charge >= 0.3 is 0 Å². The monoisotopic (exact) mass is 219 g/mol. The Morgan fingerprint density at radius 1 is 1.38 bits per heavy atom. The average molecular weight is 219 g/mol. The van der Waals surface area contributed by atoms with E-state index in [9.17, 15) is 0 Å². The molecular formula is C13H21N3. The van der Waals surface area contributed by atoms with Crippen molar-refractivity contribution in [1.82, 2.24) is 0 Å². The van der Waals surface area contributed by atoms with Gasteiger partial charge in [0, 0.05) is 16.9 Å². The first-order chi connectivity index (χ1) is 7.50. The number of nitrogen functional groups attached to an aromatic ring is 1. The number of anilines is 1. The second kappa shape index (κ2) is 6.67. The molecule has 0 aliphatic heterocycles. The Bertz CT molecular complexity index is 381. The first-order valence-corrected chi connectivity index (χ1v) is 5.38. The molecule has 0 atom stereocenters. The molecule has 1 aromatic carbocycles. The van der Waals surface area contributed by atoms with Crippen LogP contribution in [0.25, 0.3) is 0 Å². The molecular weight excluding hydrogens is 198 g/mol. The Morgan fingerprint density at radius 3 is 2.31 bits per heavy atom. The summed E-state index contributed by atoms with van der Waals surface area (Å²) in [4.78, 5) is 0. The lowest BCUT2D eigenvalue weighted by Crippen LogP contribution is -2.12. The highest BCUT2D eigenvalue weighted by atomic mass is 14.9. The van der Waals surface area contributed by atoms with E-state index >= 15 is 0 Å². The van der Waals surface area contributed by atoms with Crippen molar-refractivity contribution in [1.29, 1.82) is 5.41 Å². The summed E-state index contributed by atoms with van der Waals surface area (Å²) in [5, 5.41) is 10.4. The van der Waals surface area contributed by atoms with E-state index < -0.39 is 0 Å². The van der Waals surface area contributed by atoms with E-state index in [4.69, 9.17) is 11.1 Å². The van der Waals surface area contributed by atoms with Crippen molar-refractivity contribution >= 4 is 11.5 Å². The van der Waals surface area contributed by atoms with Crippen LogP contribution in [0.5, 0.6) is 0 Å². The normalized spacial score (nSPS) is 8.75. The van der Waals surface area contributed by atoms with Crippen LogP contribution < -0.4 is 11.1 Å². The summed E-state index contributed by atoms with van der Waals surface area (Å²) in [6.45, 7) is 11.6.